The monoisotopic (exact) mass is 350 g/mol. The Morgan fingerprint density at radius 2 is 1.92 bits per heavy atom. The summed E-state index contributed by atoms with van der Waals surface area (Å²) in [6.45, 7) is 6.78. The van der Waals surface area contributed by atoms with Crippen LogP contribution in [0.5, 0.6) is 0 Å². The molecule has 1 aliphatic heterocycles. The van der Waals surface area contributed by atoms with Crippen molar-refractivity contribution in [3.8, 4) is 0 Å². The molecule has 2 aliphatic rings. The van der Waals surface area contributed by atoms with Gasteiger partial charge in [-0.25, -0.2) is 0 Å². The predicted octanol–water partition coefficient (Wildman–Crippen LogP) is 3.83. The molecule has 1 saturated heterocycles. The fourth-order valence-corrected chi connectivity index (χ4v) is 4.58. The minimum Gasteiger partial charge on any atom is -0.341 e. The molecule has 1 aromatic carbocycles. The number of halogens is 1. The molecule has 1 heterocycles. The zero-order chi connectivity index (χ0) is 16.4. The Morgan fingerprint density at radius 3 is 2.42 bits per heavy atom. The average molecular weight is 351 g/mol. The van der Waals surface area contributed by atoms with Crippen molar-refractivity contribution in [1.29, 1.82) is 0 Å². The Labute approximate surface area is 152 Å². The molecule has 2 N–H and O–H groups in total. The van der Waals surface area contributed by atoms with Gasteiger partial charge in [0, 0.05) is 24.4 Å². The number of hydrogen-bond donors (Lipinski definition) is 1. The van der Waals surface area contributed by atoms with Gasteiger partial charge >= 0.3 is 0 Å². The van der Waals surface area contributed by atoms with Crippen LogP contribution in [0.25, 0.3) is 0 Å². The quantitative estimate of drug-likeness (QED) is 0.877. The minimum atomic E-state index is -0.0705. The summed E-state index contributed by atoms with van der Waals surface area (Å²) in [4.78, 5) is 15.3. The molecule has 1 aromatic rings. The molecular formula is C20H31ClN2O. The second-order valence-corrected chi connectivity index (χ2v) is 7.95. The van der Waals surface area contributed by atoms with Crippen molar-refractivity contribution < 1.29 is 4.79 Å². The van der Waals surface area contributed by atoms with E-state index in [2.05, 4.69) is 43.0 Å². The summed E-state index contributed by atoms with van der Waals surface area (Å²) in [6, 6.07) is 10.6. The third kappa shape index (κ3) is 3.62. The van der Waals surface area contributed by atoms with Crippen molar-refractivity contribution >= 4 is 18.3 Å². The Balaban J connectivity index is 0.00000208. The van der Waals surface area contributed by atoms with Crippen LogP contribution in [0.15, 0.2) is 30.3 Å². The van der Waals surface area contributed by atoms with E-state index < -0.39 is 0 Å². The molecule has 24 heavy (non-hydrogen) atoms. The van der Waals surface area contributed by atoms with Crippen LogP contribution in [-0.2, 0) is 4.79 Å². The second-order valence-electron chi connectivity index (χ2n) is 7.95. The van der Waals surface area contributed by atoms with E-state index in [1.807, 2.05) is 6.07 Å². The van der Waals surface area contributed by atoms with Crippen molar-refractivity contribution in [2.24, 2.45) is 23.0 Å². The molecule has 1 aliphatic carbocycles. The number of benzene rings is 1. The Morgan fingerprint density at radius 1 is 1.25 bits per heavy atom. The molecule has 3 nitrogen and oxygen atoms in total. The van der Waals surface area contributed by atoms with E-state index in [0.29, 0.717) is 30.2 Å². The van der Waals surface area contributed by atoms with Gasteiger partial charge in [0.25, 0.3) is 0 Å². The van der Waals surface area contributed by atoms with E-state index in [4.69, 9.17) is 5.73 Å². The largest absolute Gasteiger partial charge is 0.341 e. The van der Waals surface area contributed by atoms with Gasteiger partial charge in [0.05, 0.1) is 0 Å². The number of hydrogen-bond acceptors (Lipinski definition) is 2. The molecule has 3 rings (SSSR count). The SMILES string of the molecule is CC(C)CC1(C(=O)N2C[C@@H](CN)[C@H](c3ccccc3)C2)CCC1.Cl. The summed E-state index contributed by atoms with van der Waals surface area (Å²) in [7, 11) is 0. The molecule has 0 radical (unpaired) electrons. The number of carbonyl (C=O) groups excluding carboxylic acids is 1. The van der Waals surface area contributed by atoms with Gasteiger partial charge in [-0.15, -0.1) is 12.4 Å². The highest BCUT2D eigenvalue weighted by Gasteiger charge is 2.48. The lowest BCUT2D eigenvalue weighted by Gasteiger charge is -2.44. The van der Waals surface area contributed by atoms with Crippen molar-refractivity contribution in [2.45, 2.75) is 45.4 Å². The summed E-state index contributed by atoms with van der Waals surface area (Å²) in [5.41, 5.74) is 7.28. The molecule has 2 atom stereocenters. The van der Waals surface area contributed by atoms with Gasteiger partial charge in [-0.3, -0.25) is 4.79 Å². The van der Waals surface area contributed by atoms with Gasteiger partial charge < -0.3 is 10.6 Å². The minimum absolute atomic E-state index is 0. The first-order valence-electron chi connectivity index (χ1n) is 9.10. The van der Waals surface area contributed by atoms with E-state index in [9.17, 15) is 4.79 Å². The number of likely N-dealkylation sites (tertiary alicyclic amines) is 1. The van der Waals surface area contributed by atoms with Gasteiger partial charge in [-0.1, -0.05) is 50.6 Å². The van der Waals surface area contributed by atoms with Gasteiger partial charge in [0.1, 0.15) is 0 Å². The molecule has 0 spiro atoms. The summed E-state index contributed by atoms with van der Waals surface area (Å²) < 4.78 is 0. The first kappa shape index (κ1) is 19.3. The third-order valence-corrected chi connectivity index (χ3v) is 5.82. The van der Waals surface area contributed by atoms with Crippen LogP contribution in [0.2, 0.25) is 0 Å². The fraction of sp³-hybridized carbons (Fsp3) is 0.650. The predicted molar refractivity (Wildman–Crippen MR) is 101 cm³/mol. The maximum absolute atomic E-state index is 13.2. The lowest BCUT2D eigenvalue weighted by Crippen LogP contribution is -2.48. The maximum atomic E-state index is 13.2. The van der Waals surface area contributed by atoms with Gasteiger partial charge in [-0.05, 0) is 43.2 Å². The normalized spacial score (nSPS) is 25.2. The number of rotatable bonds is 5. The highest BCUT2D eigenvalue weighted by atomic mass is 35.5. The average Bonchev–Trinajstić information content (AvgIpc) is 2.95. The van der Waals surface area contributed by atoms with Crippen LogP contribution in [0.1, 0.15) is 51.0 Å². The van der Waals surface area contributed by atoms with E-state index in [0.717, 1.165) is 32.4 Å². The van der Waals surface area contributed by atoms with Crippen molar-refractivity contribution in [3.05, 3.63) is 35.9 Å². The molecule has 0 aromatic heterocycles. The first-order valence-corrected chi connectivity index (χ1v) is 9.10. The van der Waals surface area contributed by atoms with Crippen molar-refractivity contribution in [3.63, 3.8) is 0 Å². The lowest BCUT2D eigenvalue weighted by atomic mass is 9.63. The molecule has 0 unspecified atom stereocenters. The van der Waals surface area contributed by atoms with Crippen molar-refractivity contribution in [2.75, 3.05) is 19.6 Å². The van der Waals surface area contributed by atoms with Gasteiger partial charge in [0.15, 0.2) is 0 Å². The van der Waals surface area contributed by atoms with E-state index in [1.54, 1.807) is 0 Å². The first-order chi connectivity index (χ1) is 11.1. The standard InChI is InChI=1S/C20H30N2O.ClH/c1-15(2)11-20(9-6-10-20)19(23)22-13-17(12-21)18(14-22)16-7-4-3-5-8-16;/h3-5,7-8,15,17-18H,6,9-14,21H2,1-2H3;1H/t17-,18+;/m1./s1. The van der Waals surface area contributed by atoms with Crippen molar-refractivity contribution in [1.82, 2.24) is 4.90 Å². The number of nitrogens with zero attached hydrogens (tertiary/aromatic N) is 1. The zero-order valence-electron chi connectivity index (χ0n) is 14.9. The summed E-state index contributed by atoms with van der Waals surface area (Å²) in [5, 5.41) is 0. The van der Waals surface area contributed by atoms with Crippen LogP contribution in [-0.4, -0.2) is 30.4 Å². The van der Waals surface area contributed by atoms with Gasteiger partial charge in [-0.2, -0.15) is 0 Å². The van der Waals surface area contributed by atoms with E-state index in [-0.39, 0.29) is 17.8 Å². The smallest absolute Gasteiger partial charge is 0.228 e. The van der Waals surface area contributed by atoms with Crippen LogP contribution in [0, 0.1) is 17.3 Å². The highest BCUT2D eigenvalue weighted by molar-refractivity contribution is 5.85. The Hall–Kier alpha value is -1.06. The molecule has 2 fully saturated rings. The van der Waals surface area contributed by atoms with Crippen LogP contribution >= 0.6 is 12.4 Å². The number of carbonyl (C=O) groups is 1. The summed E-state index contributed by atoms with van der Waals surface area (Å²) in [6.07, 6.45) is 4.38. The number of nitrogens with two attached hydrogens (primary N) is 1. The third-order valence-electron chi connectivity index (χ3n) is 5.82. The molecular weight excluding hydrogens is 320 g/mol. The molecule has 4 heteroatoms. The Kier molecular flexibility index (Phi) is 6.33. The lowest BCUT2D eigenvalue weighted by molar-refractivity contribution is -0.148. The topological polar surface area (TPSA) is 46.3 Å². The van der Waals surface area contributed by atoms with E-state index >= 15 is 0 Å². The highest BCUT2D eigenvalue weighted by Crippen LogP contribution is 2.48. The summed E-state index contributed by atoms with van der Waals surface area (Å²) in [5.74, 6) is 1.75. The van der Waals surface area contributed by atoms with Gasteiger partial charge in [0.2, 0.25) is 5.91 Å². The molecule has 1 amide bonds. The summed E-state index contributed by atoms with van der Waals surface area (Å²) >= 11 is 0. The van der Waals surface area contributed by atoms with Crippen LogP contribution in [0.4, 0.5) is 0 Å². The molecule has 0 bridgehead atoms. The molecule has 1 saturated carbocycles. The fourth-order valence-electron chi connectivity index (χ4n) is 4.58. The second kappa shape index (κ2) is 7.88. The zero-order valence-corrected chi connectivity index (χ0v) is 15.7. The van der Waals surface area contributed by atoms with E-state index in [1.165, 1.54) is 12.0 Å². The Bertz CT molecular complexity index is 542. The van der Waals surface area contributed by atoms with Crippen LogP contribution < -0.4 is 5.73 Å². The van der Waals surface area contributed by atoms with Crippen LogP contribution in [0.3, 0.4) is 0 Å². The number of amides is 1. The maximum Gasteiger partial charge on any atom is 0.228 e. The molecule has 134 valence electrons.